The molecule has 3 fully saturated rings. The van der Waals surface area contributed by atoms with Gasteiger partial charge in [0.05, 0.1) is 0 Å². The predicted octanol–water partition coefficient (Wildman–Crippen LogP) is 3.03. The van der Waals surface area contributed by atoms with Crippen LogP contribution in [0.2, 0.25) is 0 Å². The molecule has 120 valence electrons. The van der Waals surface area contributed by atoms with Crippen molar-refractivity contribution in [2.45, 2.75) is 76.6 Å². The Labute approximate surface area is 124 Å². The Morgan fingerprint density at radius 3 is 2.00 bits per heavy atom. The maximum atomic E-state index is 14.2. The number of fused-ring (bicyclic) bond motifs is 3. The zero-order valence-electron chi connectivity index (χ0n) is 12.9. The van der Waals surface area contributed by atoms with E-state index in [9.17, 15) is 19.1 Å². The van der Waals surface area contributed by atoms with Crippen molar-refractivity contribution in [3.63, 3.8) is 0 Å². The Kier molecular flexibility index (Phi) is 3.93. The summed E-state index contributed by atoms with van der Waals surface area (Å²) in [6.45, 7) is 5.16. The number of alkyl carbamates (subject to hydrolysis) is 1. The molecule has 6 heteroatoms. The summed E-state index contributed by atoms with van der Waals surface area (Å²) in [5, 5.41) is 12.0. The maximum Gasteiger partial charge on any atom is 0.408 e. The Morgan fingerprint density at radius 2 is 1.62 bits per heavy atom. The van der Waals surface area contributed by atoms with E-state index in [1.807, 2.05) is 0 Å². The molecule has 0 aromatic rings. The molecule has 3 saturated carbocycles. The standard InChI is InChI=1S/C15H24FNO4/c1-13(2,3)21-12(20)17-10(11(18)19)14-4-7-15(16,8-5-14)9-6-14/h10H,4-9H2,1-3H3,(H,17,20)(H,18,19)/t10-,14?,15?/m0/s1. The number of hydrogen-bond acceptors (Lipinski definition) is 3. The van der Waals surface area contributed by atoms with Gasteiger partial charge in [-0.3, -0.25) is 0 Å². The van der Waals surface area contributed by atoms with Gasteiger partial charge in [0.1, 0.15) is 17.3 Å². The molecule has 0 aromatic carbocycles. The third-order valence-corrected chi connectivity index (χ3v) is 4.73. The van der Waals surface area contributed by atoms with Crippen molar-refractivity contribution in [3.05, 3.63) is 0 Å². The smallest absolute Gasteiger partial charge is 0.408 e. The lowest BCUT2D eigenvalue weighted by molar-refractivity contribution is -0.148. The lowest BCUT2D eigenvalue weighted by Crippen LogP contribution is -2.58. The highest BCUT2D eigenvalue weighted by Gasteiger charge is 2.55. The summed E-state index contributed by atoms with van der Waals surface area (Å²) in [7, 11) is 0. The SMILES string of the molecule is CC(C)(C)OC(=O)N[C@@H](C(=O)O)C12CCC(F)(CC1)CC2. The number of carboxylic acids is 1. The van der Waals surface area contributed by atoms with Crippen LogP contribution in [0.1, 0.15) is 59.3 Å². The molecule has 3 rings (SSSR count). The number of aliphatic carboxylic acids is 1. The number of carbonyl (C=O) groups excluding carboxylic acids is 1. The largest absolute Gasteiger partial charge is 0.480 e. The molecule has 5 nitrogen and oxygen atoms in total. The number of carbonyl (C=O) groups is 2. The minimum Gasteiger partial charge on any atom is -0.480 e. The lowest BCUT2D eigenvalue weighted by atomic mass is 9.56. The van der Waals surface area contributed by atoms with Gasteiger partial charge < -0.3 is 15.2 Å². The molecule has 0 heterocycles. The molecule has 21 heavy (non-hydrogen) atoms. The highest BCUT2D eigenvalue weighted by Crippen LogP contribution is 2.55. The van der Waals surface area contributed by atoms with Gasteiger partial charge in [0.25, 0.3) is 0 Å². The van der Waals surface area contributed by atoms with Crippen molar-refractivity contribution in [2.24, 2.45) is 5.41 Å². The van der Waals surface area contributed by atoms with Crippen LogP contribution in [0, 0.1) is 5.41 Å². The molecule has 0 spiro atoms. The highest BCUT2D eigenvalue weighted by molar-refractivity contribution is 5.81. The van der Waals surface area contributed by atoms with Gasteiger partial charge in [0, 0.05) is 5.41 Å². The van der Waals surface area contributed by atoms with Crippen LogP contribution in [0.3, 0.4) is 0 Å². The van der Waals surface area contributed by atoms with Crippen LogP contribution in [-0.2, 0) is 9.53 Å². The Bertz CT molecular complexity index is 419. The average molecular weight is 301 g/mol. The summed E-state index contributed by atoms with van der Waals surface area (Å²) < 4.78 is 19.3. The summed E-state index contributed by atoms with van der Waals surface area (Å²) in [6.07, 6.45) is 1.90. The minimum atomic E-state index is -1.13. The maximum absolute atomic E-state index is 14.2. The molecular weight excluding hydrogens is 277 g/mol. The summed E-state index contributed by atoms with van der Waals surface area (Å²) in [5.74, 6) is -1.07. The second-order valence-electron chi connectivity index (χ2n) is 7.43. The van der Waals surface area contributed by atoms with E-state index in [-0.39, 0.29) is 0 Å². The monoisotopic (exact) mass is 301 g/mol. The molecule has 3 aliphatic carbocycles. The van der Waals surface area contributed by atoms with E-state index in [2.05, 4.69) is 5.32 Å². The minimum absolute atomic E-state index is 0.382. The molecule has 1 amide bonds. The third-order valence-electron chi connectivity index (χ3n) is 4.73. The number of carboxylic acid groups (broad SMARTS) is 1. The van der Waals surface area contributed by atoms with Crippen molar-refractivity contribution in [3.8, 4) is 0 Å². The van der Waals surface area contributed by atoms with Crippen molar-refractivity contribution in [1.82, 2.24) is 5.32 Å². The van der Waals surface area contributed by atoms with E-state index in [0.29, 0.717) is 38.5 Å². The second-order valence-corrected chi connectivity index (χ2v) is 7.43. The quantitative estimate of drug-likeness (QED) is 0.840. The first-order chi connectivity index (χ1) is 9.55. The number of ether oxygens (including phenoxy) is 1. The number of rotatable bonds is 3. The van der Waals surface area contributed by atoms with Crippen molar-refractivity contribution in [1.29, 1.82) is 0 Å². The topological polar surface area (TPSA) is 75.6 Å². The van der Waals surface area contributed by atoms with Crippen LogP contribution >= 0.6 is 0 Å². The Morgan fingerprint density at radius 1 is 1.14 bits per heavy atom. The fraction of sp³-hybridized carbons (Fsp3) is 0.867. The van der Waals surface area contributed by atoms with E-state index < -0.39 is 34.8 Å². The number of hydrogen-bond donors (Lipinski definition) is 2. The molecule has 2 N–H and O–H groups in total. The zero-order chi connectivity index (χ0) is 15.9. The van der Waals surface area contributed by atoms with Crippen molar-refractivity contribution in [2.75, 3.05) is 0 Å². The molecule has 2 bridgehead atoms. The molecule has 3 aliphatic rings. The van der Waals surface area contributed by atoms with E-state index >= 15 is 0 Å². The van der Waals surface area contributed by atoms with Crippen LogP contribution < -0.4 is 5.32 Å². The van der Waals surface area contributed by atoms with Gasteiger partial charge in [-0.25, -0.2) is 14.0 Å². The second kappa shape index (κ2) is 5.14. The highest BCUT2D eigenvalue weighted by atomic mass is 19.1. The Hall–Kier alpha value is -1.33. The molecule has 0 saturated heterocycles. The van der Waals surface area contributed by atoms with Gasteiger partial charge in [-0.1, -0.05) is 0 Å². The normalized spacial score (nSPS) is 33.3. The first kappa shape index (κ1) is 16.0. The molecule has 0 unspecified atom stereocenters. The van der Waals surface area contributed by atoms with Gasteiger partial charge in [-0.05, 0) is 59.3 Å². The third kappa shape index (κ3) is 3.47. The van der Waals surface area contributed by atoms with E-state index in [0.717, 1.165) is 0 Å². The summed E-state index contributed by atoms with van der Waals surface area (Å²) in [4.78, 5) is 23.5. The van der Waals surface area contributed by atoms with E-state index in [1.54, 1.807) is 20.8 Å². The van der Waals surface area contributed by atoms with E-state index in [1.165, 1.54) is 0 Å². The van der Waals surface area contributed by atoms with Gasteiger partial charge in [-0.15, -0.1) is 0 Å². The molecular formula is C15H24FNO4. The number of amides is 1. The first-order valence-electron chi connectivity index (χ1n) is 7.47. The van der Waals surface area contributed by atoms with Gasteiger partial charge >= 0.3 is 12.1 Å². The number of halogens is 1. The lowest BCUT2D eigenvalue weighted by Gasteiger charge is -2.51. The summed E-state index contributed by atoms with van der Waals surface area (Å²) >= 11 is 0. The van der Waals surface area contributed by atoms with Gasteiger partial charge in [0.15, 0.2) is 0 Å². The van der Waals surface area contributed by atoms with Gasteiger partial charge in [0.2, 0.25) is 0 Å². The Balaban J connectivity index is 2.09. The summed E-state index contributed by atoms with van der Waals surface area (Å²) in [5.41, 5.74) is -2.36. The van der Waals surface area contributed by atoms with Crippen molar-refractivity contribution >= 4 is 12.1 Å². The average Bonchev–Trinajstić information content (AvgIpc) is 2.35. The van der Waals surface area contributed by atoms with Gasteiger partial charge in [-0.2, -0.15) is 0 Å². The predicted molar refractivity (Wildman–Crippen MR) is 74.8 cm³/mol. The zero-order valence-corrected chi connectivity index (χ0v) is 12.9. The number of alkyl halides is 1. The van der Waals surface area contributed by atoms with Crippen molar-refractivity contribution < 1.29 is 23.8 Å². The van der Waals surface area contributed by atoms with Crippen LogP contribution in [0.25, 0.3) is 0 Å². The number of nitrogens with one attached hydrogen (secondary N) is 1. The van der Waals surface area contributed by atoms with Crippen LogP contribution in [0.5, 0.6) is 0 Å². The molecule has 1 atom stereocenters. The fourth-order valence-electron chi connectivity index (χ4n) is 3.50. The molecule has 0 aliphatic heterocycles. The first-order valence-corrected chi connectivity index (χ1v) is 7.47. The molecule has 0 aromatic heterocycles. The van der Waals surface area contributed by atoms with Crippen LogP contribution in [0.4, 0.5) is 9.18 Å². The fourth-order valence-corrected chi connectivity index (χ4v) is 3.50. The summed E-state index contributed by atoms with van der Waals surface area (Å²) in [6, 6.07) is -1.02. The van der Waals surface area contributed by atoms with Crippen LogP contribution in [0.15, 0.2) is 0 Å². The molecule has 0 radical (unpaired) electrons. The van der Waals surface area contributed by atoms with E-state index in [4.69, 9.17) is 4.74 Å². The van der Waals surface area contributed by atoms with Crippen LogP contribution in [-0.4, -0.2) is 34.5 Å².